The third kappa shape index (κ3) is 6.24. The smallest absolute Gasteiger partial charge is 0.208 e. The van der Waals surface area contributed by atoms with Crippen molar-refractivity contribution >= 4 is 31.3 Å². The average molecular weight is 622 g/mol. The number of aliphatic hydroxyl groups excluding tert-OH is 1. The van der Waals surface area contributed by atoms with Gasteiger partial charge in [0.2, 0.25) is 14.1 Å². The Balaban J connectivity index is 1.36. The number of aliphatic hydroxyl groups is 1. The third-order valence-corrected chi connectivity index (χ3v) is 16.9. The largest absolute Gasteiger partial charge is 0.413 e. The van der Waals surface area contributed by atoms with Crippen molar-refractivity contribution in [2.45, 2.75) is 103 Å². The van der Waals surface area contributed by atoms with Gasteiger partial charge in [-0.05, 0) is 65.6 Å². The first kappa shape index (κ1) is 32.0. The number of aryl methyl sites for hydroxylation is 1. The first-order valence-electron chi connectivity index (χ1n) is 15.8. The van der Waals surface area contributed by atoms with E-state index in [-0.39, 0.29) is 36.6 Å². The van der Waals surface area contributed by atoms with Gasteiger partial charge in [0, 0.05) is 29.6 Å². The highest BCUT2D eigenvalue weighted by Crippen LogP contribution is 2.46. The monoisotopic (exact) mass is 621 g/mol. The number of anilines is 1. The molecule has 0 unspecified atom stereocenters. The molecule has 1 aliphatic heterocycles. The Morgan fingerprint density at radius 3 is 2.53 bits per heavy atom. The van der Waals surface area contributed by atoms with Crippen LogP contribution < -0.4 is 5.32 Å². The van der Waals surface area contributed by atoms with E-state index in [4.69, 9.17) is 9.16 Å². The predicted octanol–water partition coefficient (Wildman–Crippen LogP) is 7.48. The molecular weight excluding hydrogens is 575 g/mol. The molecule has 43 heavy (non-hydrogen) atoms. The molecule has 9 heteroatoms. The number of carbonyl (C=O) groups is 1. The van der Waals surface area contributed by atoms with Crippen LogP contribution in [0.25, 0.3) is 0 Å². The maximum absolute atomic E-state index is 13.9. The van der Waals surface area contributed by atoms with Gasteiger partial charge < -0.3 is 19.6 Å². The minimum absolute atomic E-state index is 0.0248. The Kier molecular flexibility index (Phi) is 9.88. The Hall–Kier alpha value is -2.43. The van der Waals surface area contributed by atoms with Crippen LogP contribution in [-0.4, -0.2) is 54.5 Å². The highest BCUT2D eigenvalue weighted by molar-refractivity contribution is 7.14. The Morgan fingerprint density at radius 1 is 1.12 bits per heavy atom. The van der Waals surface area contributed by atoms with Crippen molar-refractivity contribution in [1.29, 1.82) is 0 Å². The summed E-state index contributed by atoms with van der Waals surface area (Å²) < 4.78 is 13.3. The number of ether oxygens (including phenoxy) is 1. The first-order valence-corrected chi connectivity index (χ1v) is 18.7. The molecule has 0 radical (unpaired) electrons. The molecule has 2 N–H and O–H groups in total. The standard InChI is InChI=1S/C34H47N3O4SSi/c1-20(2)43(21(3)4,22(5)6)41-30-15-26(14-25(30)18-38)37-34-29(17-35-19-36-34)32(39)31-16-28(23(7)42-31)33-27-11-9-8-10-24(27)12-13-40-33/h8-11,16-17,19-22,25-26,30,33,38H,12-15,18H2,1-7H3,(H,35,36,37)/t25-,26-,30+,33-/m1/s1. The lowest BCUT2D eigenvalue weighted by molar-refractivity contribution is 0.0697. The van der Waals surface area contributed by atoms with Crippen LogP contribution in [0.4, 0.5) is 5.82 Å². The van der Waals surface area contributed by atoms with Crippen molar-refractivity contribution in [3.05, 3.63) is 74.9 Å². The van der Waals surface area contributed by atoms with Gasteiger partial charge >= 0.3 is 0 Å². The fourth-order valence-corrected chi connectivity index (χ4v) is 14.3. The zero-order chi connectivity index (χ0) is 30.9. The molecule has 0 bridgehead atoms. The van der Waals surface area contributed by atoms with E-state index < -0.39 is 8.32 Å². The van der Waals surface area contributed by atoms with Crippen molar-refractivity contribution in [3.8, 4) is 0 Å². The summed E-state index contributed by atoms with van der Waals surface area (Å²) in [5.41, 5.74) is 5.39. The minimum atomic E-state index is -2.11. The number of nitrogens with zero attached hydrogens (tertiary/aromatic N) is 2. The molecule has 3 heterocycles. The first-order chi connectivity index (χ1) is 20.6. The van der Waals surface area contributed by atoms with Crippen molar-refractivity contribution < 1.29 is 19.1 Å². The van der Waals surface area contributed by atoms with Gasteiger partial charge in [-0.25, -0.2) is 9.97 Å². The zero-order valence-corrected chi connectivity index (χ0v) is 28.4. The molecule has 0 amide bonds. The normalized spacial score (nSPS) is 22.4. The van der Waals surface area contributed by atoms with Crippen LogP contribution >= 0.6 is 11.3 Å². The summed E-state index contributed by atoms with van der Waals surface area (Å²) in [7, 11) is -2.11. The average Bonchev–Trinajstić information content (AvgIpc) is 3.57. The van der Waals surface area contributed by atoms with E-state index in [2.05, 4.69) is 82.0 Å². The molecule has 0 spiro atoms. The van der Waals surface area contributed by atoms with Crippen LogP contribution in [0.1, 0.15) is 97.3 Å². The van der Waals surface area contributed by atoms with Gasteiger partial charge in [0.15, 0.2) is 0 Å². The lowest BCUT2D eigenvalue weighted by atomic mass is 9.93. The van der Waals surface area contributed by atoms with Gasteiger partial charge in [-0.1, -0.05) is 65.8 Å². The van der Waals surface area contributed by atoms with E-state index in [0.717, 1.165) is 29.7 Å². The topological polar surface area (TPSA) is 93.6 Å². The minimum Gasteiger partial charge on any atom is -0.413 e. The fraction of sp³-hybridized carbons (Fsp3) is 0.559. The highest BCUT2D eigenvalue weighted by atomic mass is 32.1. The highest BCUT2D eigenvalue weighted by Gasteiger charge is 2.49. The quantitative estimate of drug-likeness (QED) is 0.169. The molecule has 4 atom stereocenters. The summed E-state index contributed by atoms with van der Waals surface area (Å²) in [6.07, 6.45) is 5.33. The summed E-state index contributed by atoms with van der Waals surface area (Å²) in [5, 5.41) is 13.9. The summed E-state index contributed by atoms with van der Waals surface area (Å²) in [4.78, 5) is 24.4. The van der Waals surface area contributed by atoms with Crippen LogP contribution in [-0.2, 0) is 15.6 Å². The van der Waals surface area contributed by atoms with Crippen molar-refractivity contribution in [1.82, 2.24) is 9.97 Å². The molecule has 3 aromatic rings. The number of fused-ring (bicyclic) bond motifs is 1. The van der Waals surface area contributed by atoms with Gasteiger partial charge in [0.05, 0.1) is 23.2 Å². The molecule has 2 aliphatic rings. The van der Waals surface area contributed by atoms with E-state index in [1.54, 1.807) is 6.20 Å². The van der Waals surface area contributed by atoms with Gasteiger partial charge in [-0.3, -0.25) is 4.79 Å². The molecule has 1 aliphatic carbocycles. The lowest BCUT2D eigenvalue weighted by Crippen LogP contribution is -2.51. The molecule has 232 valence electrons. The van der Waals surface area contributed by atoms with Crippen molar-refractivity contribution in [2.24, 2.45) is 5.92 Å². The van der Waals surface area contributed by atoms with Gasteiger partial charge in [-0.15, -0.1) is 11.3 Å². The molecule has 0 saturated heterocycles. The van der Waals surface area contributed by atoms with Gasteiger partial charge in [-0.2, -0.15) is 0 Å². The molecular formula is C34H47N3O4SSi. The molecule has 2 aromatic heterocycles. The number of hydrogen-bond acceptors (Lipinski definition) is 8. The van der Waals surface area contributed by atoms with E-state index in [0.29, 0.717) is 39.5 Å². The molecule has 1 aromatic carbocycles. The molecule has 5 rings (SSSR count). The van der Waals surface area contributed by atoms with Crippen LogP contribution in [0.2, 0.25) is 16.6 Å². The number of benzene rings is 1. The van der Waals surface area contributed by atoms with E-state index in [1.807, 2.05) is 12.1 Å². The fourth-order valence-electron chi connectivity index (χ4n) is 7.67. The second-order valence-corrected chi connectivity index (χ2v) is 19.8. The number of nitrogens with one attached hydrogen (secondary N) is 1. The SMILES string of the molecule is Cc1sc(C(=O)c2cncnc2N[C@@H]2C[C@H](CO)[C@@H](O[Si](C(C)C)(C(C)C)C(C)C)C2)cc1[C@@H]1OCCc2ccccc21. The maximum atomic E-state index is 13.9. The molecule has 1 fully saturated rings. The number of aromatic nitrogens is 2. The molecule has 1 saturated carbocycles. The van der Waals surface area contributed by atoms with Crippen molar-refractivity contribution in [3.63, 3.8) is 0 Å². The maximum Gasteiger partial charge on any atom is 0.208 e. The lowest BCUT2D eigenvalue weighted by Gasteiger charge is -2.45. The van der Waals surface area contributed by atoms with Crippen LogP contribution in [0.3, 0.4) is 0 Å². The molecule has 7 nitrogen and oxygen atoms in total. The van der Waals surface area contributed by atoms with E-state index >= 15 is 0 Å². The predicted molar refractivity (Wildman–Crippen MR) is 176 cm³/mol. The van der Waals surface area contributed by atoms with Crippen LogP contribution in [0.15, 0.2) is 42.9 Å². The number of thiophene rings is 1. The van der Waals surface area contributed by atoms with Gasteiger partial charge in [0.25, 0.3) is 0 Å². The number of rotatable bonds is 11. The number of carbonyl (C=O) groups excluding carboxylic acids is 1. The second-order valence-electron chi connectivity index (χ2n) is 13.2. The Bertz CT molecular complexity index is 1400. The summed E-state index contributed by atoms with van der Waals surface area (Å²) in [5.74, 6) is 0.485. The zero-order valence-electron chi connectivity index (χ0n) is 26.6. The summed E-state index contributed by atoms with van der Waals surface area (Å²) in [6, 6.07) is 10.4. The van der Waals surface area contributed by atoms with Crippen molar-refractivity contribution in [2.75, 3.05) is 18.5 Å². The summed E-state index contributed by atoms with van der Waals surface area (Å²) >= 11 is 1.49. The van der Waals surface area contributed by atoms with Crippen LogP contribution in [0.5, 0.6) is 0 Å². The third-order valence-electron chi connectivity index (χ3n) is 9.68. The van der Waals surface area contributed by atoms with Gasteiger partial charge in [0.1, 0.15) is 18.2 Å². The number of ketones is 1. The Morgan fingerprint density at radius 2 is 1.84 bits per heavy atom. The second kappa shape index (κ2) is 13.3. The van der Waals surface area contributed by atoms with Crippen LogP contribution in [0, 0.1) is 12.8 Å². The number of hydrogen-bond donors (Lipinski definition) is 2. The Labute approximate surface area is 261 Å². The summed E-state index contributed by atoms with van der Waals surface area (Å²) in [6.45, 7) is 16.6. The van der Waals surface area contributed by atoms with E-state index in [1.165, 1.54) is 28.8 Å². The van der Waals surface area contributed by atoms with E-state index in [9.17, 15) is 9.90 Å².